The van der Waals surface area contributed by atoms with Crippen molar-refractivity contribution in [2.24, 2.45) is 5.92 Å². The maximum Gasteiger partial charge on any atom is 0.123 e. The van der Waals surface area contributed by atoms with Crippen molar-refractivity contribution < 1.29 is 0 Å². The Morgan fingerprint density at radius 2 is 2.28 bits per heavy atom. The largest absolute Gasteiger partial charge is 0.327 e. The molecule has 3 nitrogen and oxygen atoms in total. The average Bonchev–Trinajstić information content (AvgIpc) is 3.10. The van der Waals surface area contributed by atoms with Crippen LogP contribution < -0.4 is 5.32 Å². The summed E-state index contributed by atoms with van der Waals surface area (Å²) in [6.07, 6.45) is 2.76. The van der Waals surface area contributed by atoms with E-state index in [-0.39, 0.29) is 0 Å². The van der Waals surface area contributed by atoms with Crippen LogP contribution in [-0.2, 0) is 13.1 Å². The highest BCUT2D eigenvalue weighted by Gasteiger charge is 2.20. The lowest BCUT2D eigenvalue weighted by molar-refractivity contribution is 0.594. The zero-order valence-corrected chi connectivity index (χ0v) is 11.4. The maximum atomic E-state index is 6.01. The van der Waals surface area contributed by atoms with Gasteiger partial charge in [0, 0.05) is 11.6 Å². The zero-order valence-electron chi connectivity index (χ0n) is 10.6. The van der Waals surface area contributed by atoms with Gasteiger partial charge in [-0.05, 0) is 50.4 Å². The fourth-order valence-electron chi connectivity index (χ4n) is 2.35. The van der Waals surface area contributed by atoms with Crippen molar-refractivity contribution in [3.8, 4) is 0 Å². The highest BCUT2D eigenvalue weighted by Crippen LogP contribution is 2.27. The quantitative estimate of drug-likeness (QED) is 0.898. The normalized spacial score (nSPS) is 15.4. The summed E-state index contributed by atoms with van der Waals surface area (Å²) < 4.78 is 2.26. The maximum absolute atomic E-state index is 6.01. The highest BCUT2D eigenvalue weighted by atomic mass is 35.5. The Bertz CT molecular complexity index is 557. The van der Waals surface area contributed by atoms with Crippen LogP contribution in [0.1, 0.15) is 25.6 Å². The van der Waals surface area contributed by atoms with Gasteiger partial charge in [0.2, 0.25) is 0 Å². The molecule has 1 fully saturated rings. The van der Waals surface area contributed by atoms with E-state index in [0.717, 1.165) is 41.9 Å². The second kappa shape index (κ2) is 4.90. The van der Waals surface area contributed by atoms with E-state index in [1.807, 2.05) is 12.1 Å². The molecule has 18 heavy (non-hydrogen) atoms. The van der Waals surface area contributed by atoms with Crippen LogP contribution in [0.4, 0.5) is 0 Å². The summed E-state index contributed by atoms with van der Waals surface area (Å²) in [6, 6.07) is 5.92. The van der Waals surface area contributed by atoms with Gasteiger partial charge in [-0.1, -0.05) is 11.6 Å². The Balaban J connectivity index is 1.84. The van der Waals surface area contributed by atoms with E-state index in [9.17, 15) is 0 Å². The number of hydrogen-bond donors (Lipinski definition) is 1. The van der Waals surface area contributed by atoms with Gasteiger partial charge in [-0.25, -0.2) is 4.98 Å². The number of benzene rings is 1. The molecule has 0 unspecified atom stereocenters. The summed E-state index contributed by atoms with van der Waals surface area (Å²) in [5, 5.41) is 4.25. The molecule has 0 amide bonds. The number of aromatic nitrogens is 2. The van der Waals surface area contributed by atoms with E-state index in [0.29, 0.717) is 0 Å². The number of nitrogens with one attached hydrogen (secondary N) is 1. The molecule has 0 aliphatic heterocycles. The molecule has 1 aliphatic rings. The van der Waals surface area contributed by atoms with Crippen LogP contribution in [0.3, 0.4) is 0 Å². The molecule has 1 aliphatic carbocycles. The van der Waals surface area contributed by atoms with Crippen LogP contribution in [0.25, 0.3) is 11.0 Å². The molecule has 4 heteroatoms. The molecule has 1 heterocycles. The molecule has 3 rings (SSSR count). The van der Waals surface area contributed by atoms with E-state index in [1.165, 1.54) is 18.4 Å². The zero-order chi connectivity index (χ0) is 12.5. The fraction of sp³-hybridized carbons (Fsp3) is 0.500. The van der Waals surface area contributed by atoms with E-state index >= 15 is 0 Å². The van der Waals surface area contributed by atoms with E-state index in [2.05, 4.69) is 27.9 Å². The minimum absolute atomic E-state index is 0.751. The number of nitrogens with zero attached hydrogens (tertiary/aromatic N) is 2. The van der Waals surface area contributed by atoms with Crippen molar-refractivity contribution in [2.45, 2.75) is 32.9 Å². The molecule has 96 valence electrons. The van der Waals surface area contributed by atoms with Gasteiger partial charge in [-0.3, -0.25) is 0 Å². The molecule has 1 aromatic heterocycles. The number of fused-ring (bicyclic) bond motifs is 1. The standard InChI is InChI=1S/C14H18ClN3/c1-2-18-13-6-5-11(15)7-12(13)17-14(18)9-16-8-10-3-4-10/h5-7,10,16H,2-4,8-9H2,1H3. The molecule has 1 N–H and O–H groups in total. The predicted octanol–water partition coefficient (Wildman–Crippen LogP) is 3.21. The molecule has 1 saturated carbocycles. The molecule has 2 aromatic rings. The van der Waals surface area contributed by atoms with Gasteiger partial charge >= 0.3 is 0 Å². The number of halogens is 1. The third-order valence-electron chi connectivity index (χ3n) is 3.52. The minimum Gasteiger partial charge on any atom is -0.327 e. The highest BCUT2D eigenvalue weighted by molar-refractivity contribution is 6.31. The van der Waals surface area contributed by atoms with Crippen LogP contribution in [0.15, 0.2) is 18.2 Å². The van der Waals surface area contributed by atoms with Gasteiger partial charge in [-0.15, -0.1) is 0 Å². The molecule has 0 bridgehead atoms. The first kappa shape index (κ1) is 12.0. The third-order valence-corrected chi connectivity index (χ3v) is 3.75. The van der Waals surface area contributed by atoms with Crippen LogP contribution >= 0.6 is 11.6 Å². The molecule has 0 saturated heterocycles. The Kier molecular flexibility index (Phi) is 3.27. The van der Waals surface area contributed by atoms with Gasteiger partial charge in [0.25, 0.3) is 0 Å². The monoisotopic (exact) mass is 263 g/mol. The summed E-state index contributed by atoms with van der Waals surface area (Å²) in [6.45, 7) is 5.06. The SMILES string of the molecule is CCn1c(CNCC2CC2)nc2cc(Cl)ccc21. The lowest BCUT2D eigenvalue weighted by Crippen LogP contribution is -2.19. The number of hydrogen-bond acceptors (Lipinski definition) is 2. The lowest BCUT2D eigenvalue weighted by Gasteiger charge is -2.07. The smallest absolute Gasteiger partial charge is 0.123 e. The Hall–Kier alpha value is -1.06. The first-order chi connectivity index (χ1) is 8.78. The minimum atomic E-state index is 0.751. The first-order valence-corrected chi connectivity index (χ1v) is 7.01. The van der Waals surface area contributed by atoms with E-state index in [1.54, 1.807) is 0 Å². The predicted molar refractivity (Wildman–Crippen MR) is 74.8 cm³/mol. The van der Waals surface area contributed by atoms with Crippen molar-refractivity contribution >= 4 is 22.6 Å². The lowest BCUT2D eigenvalue weighted by atomic mass is 10.3. The van der Waals surface area contributed by atoms with Gasteiger partial charge in [0.15, 0.2) is 0 Å². The van der Waals surface area contributed by atoms with Crippen molar-refractivity contribution in [3.05, 3.63) is 29.0 Å². The van der Waals surface area contributed by atoms with Gasteiger partial charge in [0.05, 0.1) is 17.6 Å². The van der Waals surface area contributed by atoms with Crippen LogP contribution in [0.2, 0.25) is 5.02 Å². The number of imidazole rings is 1. The molecule has 0 atom stereocenters. The number of rotatable bonds is 5. The van der Waals surface area contributed by atoms with Crippen molar-refractivity contribution in [1.82, 2.24) is 14.9 Å². The number of aryl methyl sites for hydroxylation is 1. The third kappa shape index (κ3) is 2.38. The molecular weight excluding hydrogens is 246 g/mol. The van der Waals surface area contributed by atoms with Crippen molar-refractivity contribution in [1.29, 1.82) is 0 Å². The topological polar surface area (TPSA) is 29.9 Å². The Morgan fingerprint density at radius 1 is 1.44 bits per heavy atom. The summed E-state index contributed by atoms with van der Waals surface area (Å²) in [5.74, 6) is 2.01. The van der Waals surface area contributed by atoms with Crippen LogP contribution in [-0.4, -0.2) is 16.1 Å². The van der Waals surface area contributed by atoms with E-state index in [4.69, 9.17) is 11.6 Å². The van der Waals surface area contributed by atoms with E-state index < -0.39 is 0 Å². The Labute approximate surface area is 112 Å². The van der Waals surface area contributed by atoms with Crippen molar-refractivity contribution in [3.63, 3.8) is 0 Å². The first-order valence-electron chi connectivity index (χ1n) is 6.63. The van der Waals surface area contributed by atoms with Crippen molar-refractivity contribution in [2.75, 3.05) is 6.54 Å². The molecule has 1 aromatic carbocycles. The molecule has 0 spiro atoms. The second-order valence-electron chi connectivity index (χ2n) is 4.98. The van der Waals surface area contributed by atoms with Gasteiger partial charge < -0.3 is 9.88 Å². The average molecular weight is 264 g/mol. The fourth-order valence-corrected chi connectivity index (χ4v) is 2.52. The van der Waals surface area contributed by atoms with Gasteiger partial charge in [-0.2, -0.15) is 0 Å². The summed E-state index contributed by atoms with van der Waals surface area (Å²) >= 11 is 6.01. The summed E-state index contributed by atoms with van der Waals surface area (Å²) in [4.78, 5) is 4.68. The van der Waals surface area contributed by atoms with Crippen LogP contribution in [0.5, 0.6) is 0 Å². The molecular formula is C14H18ClN3. The van der Waals surface area contributed by atoms with Gasteiger partial charge in [0.1, 0.15) is 5.82 Å². The summed E-state index contributed by atoms with van der Waals surface area (Å²) in [5.41, 5.74) is 2.16. The Morgan fingerprint density at radius 3 is 3.00 bits per heavy atom. The summed E-state index contributed by atoms with van der Waals surface area (Å²) in [7, 11) is 0. The molecule has 0 radical (unpaired) electrons. The second-order valence-corrected chi connectivity index (χ2v) is 5.42. The van der Waals surface area contributed by atoms with Crippen LogP contribution in [0, 0.1) is 5.92 Å².